The van der Waals surface area contributed by atoms with E-state index in [1.807, 2.05) is 18.2 Å². The van der Waals surface area contributed by atoms with Crippen molar-refractivity contribution < 1.29 is 23.8 Å². The quantitative estimate of drug-likeness (QED) is 0.816. The first-order valence-corrected chi connectivity index (χ1v) is 8.62. The zero-order chi connectivity index (χ0) is 19.4. The minimum atomic E-state index is -0.532. The number of hydrogen-bond donors (Lipinski definition) is 2. The molecule has 27 heavy (non-hydrogen) atoms. The molecule has 1 atom stereocenters. The number of aryl methyl sites for hydroxylation is 1. The van der Waals surface area contributed by atoms with Crippen LogP contribution in [0.2, 0.25) is 0 Å². The van der Waals surface area contributed by atoms with E-state index in [-0.39, 0.29) is 18.2 Å². The van der Waals surface area contributed by atoms with Crippen molar-refractivity contribution in [1.82, 2.24) is 0 Å². The summed E-state index contributed by atoms with van der Waals surface area (Å²) >= 11 is 0. The van der Waals surface area contributed by atoms with E-state index in [1.54, 1.807) is 39.3 Å². The van der Waals surface area contributed by atoms with Crippen molar-refractivity contribution in [3.05, 3.63) is 42.0 Å². The van der Waals surface area contributed by atoms with Crippen LogP contribution in [-0.2, 0) is 16.0 Å². The van der Waals surface area contributed by atoms with Crippen LogP contribution in [-0.4, -0.2) is 32.1 Å². The molecule has 1 unspecified atom stereocenters. The van der Waals surface area contributed by atoms with Gasteiger partial charge in [-0.25, -0.2) is 0 Å². The van der Waals surface area contributed by atoms with Crippen LogP contribution in [0.25, 0.3) is 0 Å². The summed E-state index contributed by atoms with van der Waals surface area (Å²) in [5.41, 5.74) is 2.03. The maximum Gasteiger partial charge on any atom is 0.265 e. The van der Waals surface area contributed by atoms with Gasteiger partial charge in [-0.3, -0.25) is 9.59 Å². The highest BCUT2D eigenvalue weighted by molar-refractivity contribution is 5.99. The summed E-state index contributed by atoms with van der Waals surface area (Å²) in [6.45, 7) is 1.68. The van der Waals surface area contributed by atoms with Gasteiger partial charge in [0.1, 0.15) is 17.2 Å². The summed E-state index contributed by atoms with van der Waals surface area (Å²) in [4.78, 5) is 24.0. The molecule has 0 bridgehead atoms. The molecule has 3 rings (SSSR count). The Bertz CT molecular complexity index is 865. The molecule has 2 aromatic carbocycles. The Morgan fingerprint density at radius 1 is 1.19 bits per heavy atom. The van der Waals surface area contributed by atoms with E-state index in [0.717, 1.165) is 5.56 Å². The van der Waals surface area contributed by atoms with Crippen LogP contribution in [0.1, 0.15) is 18.9 Å². The molecule has 0 aliphatic carbocycles. The summed E-state index contributed by atoms with van der Waals surface area (Å²) in [7, 11) is 3.19. The van der Waals surface area contributed by atoms with E-state index >= 15 is 0 Å². The minimum absolute atomic E-state index is 0.142. The first-order chi connectivity index (χ1) is 13.0. The van der Waals surface area contributed by atoms with Gasteiger partial charge < -0.3 is 24.8 Å². The summed E-state index contributed by atoms with van der Waals surface area (Å²) in [6.07, 6.45) is 0.255. The van der Waals surface area contributed by atoms with Crippen molar-refractivity contribution in [2.75, 3.05) is 24.9 Å². The van der Waals surface area contributed by atoms with E-state index in [1.165, 1.54) is 0 Å². The van der Waals surface area contributed by atoms with Gasteiger partial charge in [-0.05, 0) is 55.3 Å². The second-order valence-electron chi connectivity index (χ2n) is 6.19. The van der Waals surface area contributed by atoms with E-state index < -0.39 is 6.10 Å². The van der Waals surface area contributed by atoms with Gasteiger partial charge in [-0.15, -0.1) is 0 Å². The number of benzene rings is 2. The Balaban J connectivity index is 1.63. The molecule has 2 N–H and O–H groups in total. The van der Waals surface area contributed by atoms with Gasteiger partial charge >= 0.3 is 0 Å². The number of ether oxygens (including phenoxy) is 3. The molecule has 142 valence electrons. The summed E-state index contributed by atoms with van der Waals surface area (Å²) in [6, 6.07) is 10.6. The van der Waals surface area contributed by atoms with Crippen LogP contribution in [0.4, 0.5) is 11.4 Å². The lowest BCUT2D eigenvalue weighted by atomic mass is 10.1. The van der Waals surface area contributed by atoms with Crippen molar-refractivity contribution in [3.8, 4) is 17.2 Å². The predicted octanol–water partition coefficient (Wildman–Crippen LogP) is 2.99. The molecule has 7 heteroatoms. The van der Waals surface area contributed by atoms with Gasteiger partial charge in [-0.2, -0.15) is 0 Å². The fourth-order valence-corrected chi connectivity index (χ4v) is 2.84. The molecule has 0 spiro atoms. The normalized spacial score (nSPS) is 15.2. The molecule has 2 amide bonds. The number of rotatable bonds is 6. The molecular formula is C20H22N2O5. The third-order valence-corrected chi connectivity index (χ3v) is 4.30. The Labute approximate surface area is 157 Å². The fraction of sp³-hybridized carbons (Fsp3) is 0.300. The number of hydrogen-bond acceptors (Lipinski definition) is 5. The van der Waals surface area contributed by atoms with Crippen molar-refractivity contribution in [2.45, 2.75) is 25.9 Å². The van der Waals surface area contributed by atoms with Gasteiger partial charge in [-0.1, -0.05) is 0 Å². The predicted molar refractivity (Wildman–Crippen MR) is 102 cm³/mol. The van der Waals surface area contributed by atoms with Crippen molar-refractivity contribution in [3.63, 3.8) is 0 Å². The van der Waals surface area contributed by atoms with Crippen molar-refractivity contribution >= 4 is 23.2 Å². The summed E-state index contributed by atoms with van der Waals surface area (Å²) in [5.74, 6) is 1.66. The topological polar surface area (TPSA) is 85.9 Å². The average Bonchev–Trinajstić information content (AvgIpc) is 2.67. The second kappa shape index (κ2) is 7.99. The number of fused-ring (bicyclic) bond motifs is 1. The van der Waals surface area contributed by atoms with Gasteiger partial charge in [0.25, 0.3) is 5.91 Å². The van der Waals surface area contributed by atoms with E-state index in [4.69, 9.17) is 14.2 Å². The van der Waals surface area contributed by atoms with Crippen LogP contribution in [0.3, 0.4) is 0 Å². The molecule has 0 fully saturated rings. The van der Waals surface area contributed by atoms with E-state index in [2.05, 4.69) is 10.6 Å². The van der Waals surface area contributed by atoms with E-state index in [0.29, 0.717) is 35.0 Å². The lowest BCUT2D eigenvalue weighted by Crippen LogP contribution is -2.34. The Morgan fingerprint density at radius 3 is 2.74 bits per heavy atom. The number of nitrogens with one attached hydrogen (secondary N) is 2. The first-order valence-electron chi connectivity index (χ1n) is 8.62. The standard InChI is InChI=1S/C20H22N2O5/c1-12-20(24)22-16-11-14(5-7-18(16)27-12)21-19(23)9-4-13-10-15(25-2)6-8-17(13)26-3/h5-8,10-12H,4,9H2,1-3H3,(H,21,23)(H,22,24). The zero-order valence-electron chi connectivity index (χ0n) is 15.5. The number of carbonyl (C=O) groups excluding carboxylic acids is 2. The largest absolute Gasteiger partial charge is 0.497 e. The third kappa shape index (κ3) is 4.31. The zero-order valence-corrected chi connectivity index (χ0v) is 15.5. The fourth-order valence-electron chi connectivity index (χ4n) is 2.84. The van der Waals surface area contributed by atoms with Crippen LogP contribution in [0.5, 0.6) is 17.2 Å². The maximum atomic E-state index is 12.3. The van der Waals surface area contributed by atoms with Gasteiger partial charge in [0.15, 0.2) is 6.10 Å². The molecule has 0 saturated carbocycles. The molecule has 2 aromatic rings. The van der Waals surface area contributed by atoms with Crippen LogP contribution < -0.4 is 24.8 Å². The average molecular weight is 370 g/mol. The Morgan fingerprint density at radius 2 is 2.00 bits per heavy atom. The smallest absolute Gasteiger partial charge is 0.265 e. The van der Waals surface area contributed by atoms with Gasteiger partial charge in [0.05, 0.1) is 19.9 Å². The van der Waals surface area contributed by atoms with Crippen LogP contribution >= 0.6 is 0 Å². The monoisotopic (exact) mass is 370 g/mol. The lowest BCUT2D eigenvalue weighted by molar-refractivity contribution is -0.122. The number of methoxy groups -OCH3 is 2. The van der Waals surface area contributed by atoms with Crippen molar-refractivity contribution in [2.24, 2.45) is 0 Å². The van der Waals surface area contributed by atoms with Crippen LogP contribution in [0.15, 0.2) is 36.4 Å². The molecule has 1 aliphatic rings. The number of anilines is 2. The van der Waals surface area contributed by atoms with Crippen molar-refractivity contribution in [1.29, 1.82) is 0 Å². The van der Waals surface area contributed by atoms with Gasteiger partial charge in [0, 0.05) is 12.1 Å². The highest BCUT2D eigenvalue weighted by Crippen LogP contribution is 2.32. The highest BCUT2D eigenvalue weighted by atomic mass is 16.5. The Hall–Kier alpha value is -3.22. The molecule has 1 aliphatic heterocycles. The lowest BCUT2D eigenvalue weighted by Gasteiger charge is -2.23. The molecule has 0 radical (unpaired) electrons. The molecule has 1 heterocycles. The van der Waals surface area contributed by atoms with Gasteiger partial charge in [0.2, 0.25) is 5.91 Å². The Kier molecular flexibility index (Phi) is 5.49. The first kappa shape index (κ1) is 18.6. The third-order valence-electron chi connectivity index (χ3n) is 4.30. The van der Waals surface area contributed by atoms with Crippen LogP contribution in [0, 0.1) is 0 Å². The summed E-state index contributed by atoms with van der Waals surface area (Å²) in [5, 5.41) is 5.60. The molecular weight excluding hydrogens is 348 g/mol. The number of amides is 2. The maximum absolute atomic E-state index is 12.3. The highest BCUT2D eigenvalue weighted by Gasteiger charge is 2.23. The van der Waals surface area contributed by atoms with E-state index in [9.17, 15) is 9.59 Å². The molecule has 0 aromatic heterocycles. The molecule has 0 saturated heterocycles. The second-order valence-corrected chi connectivity index (χ2v) is 6.19. The summed E-state index contributed by atoms with van der Waals surface area (Å²) < 4.78 is 16.1. The number of carbonyl (C=O) groups is 2. The SMILES string of the molecule is COc1ccc(OC)c(CCC(=O)Nc2ccc3c(c2)NC(=O)C(C)O3)c1. The molecule has 7 nitrogen and oxygen atoms in total. The minimum Gasteiger partial charge on any atom is -0.497 e.